The van der Waals surface area contributed by atoms with Gasteiger partial charge in [0.15, 0.2) is 27.8 Å². The Balaban J connectivity index is 2.02. The SMILES string of the molecule is CCOC(=O)C1=C(C)N=c2s/c(=C\c3cccc(OC)c3OCC)c(=O)n2[C@H]1c1cc(OC)c(OC)cc1Br. The molecule has 1 aromatic heterocycles. The molecule has 11 heteroatoms. The summed E-state index contributed by atoms with van der Waals surface area (Å²) in [5.41, 5.74) is 1.72. The van der Waals surface area contributed by atoms with Crippen LogP contribution in [-0.2, 0) is 9.53 Å². The summed E-state index contributed by atoms with van der Waals surface area (Å²) in [6.45, 7) is 5.95. The Labute approximate surface area is 238 Å². The molecule has 206 valence electrons. The normalized spacial score (nSPS) is 14.9. The number of benzene rings is 2. The number of ether oxygens (including phenoxy) is 5. The lowest BCUT2D eigenvalue weighted by atomic mass is 9.95. The number of carbonyl (C=O) groups is 1. The fraction of sp³-hybridized carbons (Fsp3) is 0.321. The van der Waals surface area contributed by atoms with Gasteiger partial charge in [-0.3, -0.25) is 9.36 Å². The summed E-state index contributed by atoms with van der Waals surface area (Å²) >= 11 is 4.84. The molecule has 0 radical (unpaired) electrons. The lowest BCUT2D eigenvalue weighted by molar-refractivity contribution is -0.139. The van der Waals surface area contributed by atoms with Crippen molar-refractivity contribution in [1.29, 1.82) is 0 Å². The number of hydrogen-bond donors (Lipinski definition) is 0. The molecule has 0 fully saturated rings. The van der Waals surface area contributed by atoms with Crippen LogP contribution in [0, 0.1) is 0 Å². The number of hydrogen-bond acceptors (Lipinski definition) is 9. The van der Waals surface area contributed by atoms with Gasteiger partial charge in [-0.25, -0.2) is 9.79 Å². The van der Waals surface area contributed by atoms with Gasteiger partial charge in [0.25, 0.3) is 5.56 Å². The topological polar surface area (TPSA) is 97.6 Å². The number of halogens is 1. The molecule has 0 saturated carbocycles. The summed E-state index contributed by atoms with van der Waals surface area (Å²) in [7, 11) is 4.63. The minimum absolute atomic E-state index is 0.176. The molecule has 0 N–H and O–H groups in total. The van der Waals surface area contributed by atoms with Gasteiger partial charge >= 0.3 is 5.97 Å². The van der Waals surface area contributed by atoms with Crippen molar-refractivity contribution in [3.8, 4) is 23.0 Å². The average Bonchev–Trinajstić information content (AvgIpc) is 3.22. The molecule has 0 spiro atoms. The van der Waals surface area contributed by atoms with E-state index in [4.69, 9.17) is 23.7 Å². The van der Waals surface area contributed by atoms with E-state index < -0.39 is 12.0 Å². The third-order valence-corrected chi connectivity index (χ3v) is 7.79. The third-order valence-electron chi connectivity index (χ3n) is 6.12. The molecule has 2 aromatic carbocycles. The van der Waals surface area contributed by atoms with Crippen molar-refractivity contribution in [2.75, 3.05) is 34.5 Å². The number of aromatic nitrogens is 1. The Morgan fingerprint density at radius 3 is 2.41 bits per heavy atom. The summed E-state index contributed by atoms with van der Waals surface area (Å²) in [6, 6.07) is 8.14. The molecule has 9 nitrogen and oxygen atoms in total. The number of methoxy groups -OCH3 is 3. The molecule has 1 aliphatic heterocycles. The highest BCUT2D eigenvalue weighted by atomic mass is 79.9. The molecule has 0 amide bonds. The number of para-hydroxylation sites is 1. The van der Waals surface area contributed by atoms with Crippen LogP contribution in [0.25, 0.3) is 6.08 Å². The number of fused-ring (bicyclic) bond motifs is 1. The summed E-state index contributed by atoms with van der Waals surface area (Å²) in [6.07, 6.45) is 1.75. The standard InChI is InChI=1S/C28H29BrN2O7S/c1-7-37-25-16(10-9-11-19(25)34-4)12-22-26(32)31-24(17-13-20(35-5)21(36-6)14-18(17)29)23(27(33)38-8-2)15(3)30-28(31)39-22/h9-14,24H,7-8H2,1-6H3/b22-12-/t24-/m0/s1. The van der Waals surface area contributed by atoms with Gasteiger partial charge in [0.05, 0.1) is 56.4 Å². The predicted octanol–water partition coefficient (Wildman–Crippen LogP) is 3.99. The van der Waals surface area contributed by atoms with Crippen LogP contribution >= 0.6 is 27.3 Å². The van der Waals surface area contributed by atoms with Gasteiger partial charge in [-0.05, 0) is 50.6 Å². The fourth-order valence-electron chi connectivity index (χ4n) is 4.41. The third kappa shape index (κ3) is 5.33. The van der Waals surface area contributed by atoms with E-state index in [1.165, 1.54) is 30.1 Å². The summed E-state index contributed by atoms with van der Waals surface area (Å²) in [4.78, 5) is 32.3. The van der Waals surface area contributed by atoms with Crippen LogP contribution in [0.3, 0.4) is 0 Å². The number of nitrogens with zero attached hydrogens (tertiary/aromatic N) is 2. The first-order valence-corrected chi connectivity index (χ1v) is 13.8. The van der Waals surface area contributed by atoms with Crippen LogP contribution in [0.2, 0.25) is 0 Å². The molecule has 0 saturated heterocycles. The number of carbonyl (C=O) groups excluding carboxylic acids is 1. The Morgan fingerprint density at radius 1 is 1.08 bits per heavy atom. The summed E-state index contributed by atoms with van der Waals surface area (Å²) < 4.78 is 30.2. The van der Waals surface area contributed by atoms with Crippen molar-refractivity contribution in [2.24, 2.45) is 4.99 Å². The lowest BCUT2D eigenvalue weighted by Gasteiger charge is -2.26. The molecule has 0 bridgehead atoms. The van der Waals surface area contributed by atoms with Crippen LogP contribution in [-0.4, -0.2) is 45.1 Å². The van der Waals surface area contributed by atoms with E-state index in [0.29, 0.717) is 60.2 Å². The Morgan fingerprint density at radius 2 is 1.77 bits per heavy atom. The van der Waals surface area contributed by atoms with Crippen LogP contribution in [0.15, 0.2) is 55.9 Å². The van der Waals surface area contributed by atoms with E-state index in [-0.39, 0.29) is 17.7 Å². The second-order valence-electron chi connectivity index (χ2n) is 8.34. The number of thiazole rings is 1. The van der Waals surface area contributed by atoms with Gasteiger partial charge in [0, 0.05) is 10.0 Å². The zero-order valence-corrected chi connectivity index (χ0v) is 24.9. The Kier molecular flexibility index (Phi) is 8.81. The second kappa shape index (κ2) is 12.1. The minimum Gasteiger partial charge on any atom is -0.493 e. The van der Waals surface area contributed by atoms with Crippen molar-refractivity contribution in [2.45, 2.75) is 26.8 Å². The monoisotopic (exact) mass is 616 g/mol. The van der Waals surface area contributed by atoms with E-state index in [0.717, 1.165) is 0 Å². The van der Waals surface area contributed by atoms with Crippen molar-refractivity contribution in [1.82, 2.24) is 4.57 Å². The van der Waals surface area contributed by atoms with Crippen LogP contribution < -0.4 is 33.8 Å². The van der Waals surface area contributed by atoms with Crippen molar-refractivity contribution in [3.63, 3.8) is 0 Å². The summed E-state index contributed by atoms with van der Waals surface area (Å²) in [5.74, 6) is 1.50. The van der Waals surface area contributed by atoms with Crippen LogP contribution in [0.4, 0.5) is 0 Å². The van der Waals surface area contributed by atoms with E-state index >= 15 is 0 Å². The van der Waals surface area contributed by atoms with Crippen LogP contribution in [0.1, 0.15) is 37.9 Å². The maximum atomic E-state index is 14.0. The molecule has 3 aromatic rings. The highest BCUT2D eigenvalue weighted by Gasteiger charge is 2.35. The van der Waals surface area contributed by atoms with Gasteiger partial charge in [0.2, 0.25) is 0 Å². The van der Waals surface area contributed by atoms with E-state index in [9.17, 15) is 9.59 Å². The first-order valence-electron chi connectivity index (χ1n) is 12.2. The lowest BCUT2D eigenvalue weighted by Crippen LogP contribution is -2.40. The molecule has 1 atom stereocenters. The molecule has 4 rings (SSSR count). The van der Waals surface area contributed by atoms with E-state index in [1.54, 1.807) is 45.2 Å². The van der Waals surface area contributed by atoms with Gasteiger partial charge in [-0.1, -0.05) is 39.4 Å². The zero-order chi connectivity index (χ0) is 28.3. The molecule has 0 aliphatic carbocycles. The smallest absolute Gasteiger partial charge is 0.338 e. The average molecular weight is 618 g/mol. The highest BCUT2D eigenvalue weighted by Crippen LogP contribution is 2.41. The van der Waals surface area contributed by atoms with Gasteiger partial charge < -0.3 is 23.7 Å². The molecule has 1 aliphatic rings. The van der Waals surface area contributed by atoms with E-state index in [2.05, 4.69) is 20.9 Å². The fourth-order valence-corrected chi connectivity index (χ4v) is 5.99. The number of allylic oxidation sites excluding steroid dienone is 1. The zero-order valence-electron chi connectivity index (χ0n) is 22.5. The van der Waals surface area contributed by atoms with E-state index in [1.807, 2.05) is 19.1 Å². The van der Waals surface area contributed by atoms with Gasteiger partial charge in [-0.2, -0.15) is 0 Å². The number of rotatable bonds is 9. The quantitative estimate of drug-likeness (QED) is 0.335. The Bertz CT molecular complexity index is 1620. The summed E-state index contributed by atoms with van der Waals surface area (Å²) in [5, 5.41) is 0. The molecule has 0 unspecified atom stereocenters. The van der Waals surface area contributed by atoms with Crippen LogP contribution in [0.5, 0.6) is 23.0 Å². The van der Waals surface area contributed by atoms with Crippen molar-refractivity contribution in [3.05, 3.63) is 76.9 Å². The van der Waals surface area contributed by atoms with Gasteiger partial charge in [-0.15, -0.1) is 0 Å². The maximum Gasteiger partial charge on any atom is 0.338 e. The Hall–Kier alpha value is -3.57. The van der Waals surface area contributed by atoms with Gasteiger partial charge in [0.1, 0.15) is 0 Å². The van der Waals surface area contributed by atoms with Crippen molar-refractivity contribution >= 4 is 39.3 Å². The minimum atomic E-state index is -0.826. The first-order chi connectivity index (χ1) is 18.8. The predicted molar refractivity (Wildman–Crippen MR) is 152 cm³/mol. The highest BCUT2D eigenvalue weighted by molar-refractivity contribution is 9.10. The molecule has 2 heterocycles. The first kappa shape index (κ1) is 28.4. The number of esters is 1. The molecule has 39 heavy (non-hydrogen) atoms. The second-order valence-corrected chi connectivity index (χ2v) is 10.2. The molecular weight excluding hydrogens is 588 g/mol. The maximum absolute atomic E-state index is 14.0. The van der Waals surface area contributed by atoms with Crippen molar-refractivity contribution < 1.29 is 28.5 Å². The molecular formula is C28H29BrN2O7S. The largest absolute Gasteiger partial charge is 0.493 e.